The molecule has 0 saturated carbocycles. The van der Waals surface area contributed by atoms with Crippen LogP contribution in [0.5, 0.6) is 0 Å². The highest BCUT2D eigenvalue weighted by atomic mass is 127. The predicted octanol–water partition coefficient (Wildman–Crippen LogP) is 3.03. The summed E-state index contributed by atoms with van der Waals surface area (Å²) < 4.78 is 20.3. The van der Waals surface area contributed by atoms with Gasteiger partial charge in [0.15, 0.2) is 5.96 Å². The fraction of sp³-hybridized carbons (Fsp3) is 0.652. The zero-order valence-electron chi connectivity index (χ0n) is 20.0. The van der Waals surface area contributed by atoms with E-state index in [1.54, 1.807) is 11.0 Å². The number of carbonyl (C=O) groups is 1. The third-order valence-corrected chi connectivity index (χ3v) is 5.49. The van der Waals surface area contributed by atoms with E-state index in [9.17, 15) is 14.3 Å². The molecule has 0 aromatic heterocycles. The third kappa shape index (κ3) is 7.87. The normalized spacial score (nSPS) is 19.4. The number of piperazine rings is 1. The Morgan fingerprint density at radius 2 is 1.91 bits per heavy atom. The maximum Gasteiger partial charge on any atom is 0.410 e. The molecule has 2 aliphatic rings. The Morgan fingerprint density at radius 3 is 2.45 bits per heavy atom. The number of rotatable bonds is 4. The van der Waals surface area contributed by atoms with Crippen LogP contribution in [-0.4, -0.2) is 84.5 Å². The highest BCUT2D eigenvalue weighted by molar-refractivity contribution is 14.0. The fourth-order valence-electron chi connectivity index (χ4n) is 3.89. The van der Waals surface area contributed by atoms with Gasteiger partial charge in [-0.3, -0.25) is 0 Å². The SMILES string of the molecule is CCNC(=NCc1ccc(N2CCN(C(=O)OC(C)(C)C)CC2)c(F)c1)N1CC[C@@H](O)C1.I. The molecule has 0 unspecified atom stereocenters. The zero-order valence-corrected chi connectivity index (χ0v) is 22.3. The molecule has 1 aromatic carbocycles. The number of hydrogen-bond donors (Lipinski definition) is 2. The number of benzene rings is 1. The number of hydrogen-bond acceptors (Lipinski definition) is 5. The maximum atomic E-state index is 14.9. The van der Waals surface area contributed by atoms with E-state index >= 15 is 0 Å². The molecule has 2 saturated heterocycles. The monoisotopic (exact) mass is 577 g/mol. The van der Waals surface area contributed by atoms with Crippen molar-refractivity contribution in [1.82, 2.24) is 15.1 Å². The minimum absolute atomic E-state index is 0. The molecule has 10 heteroatoms. The summed E-state index contributed by atoms with van der Waals surface area (Å²) in [6, 6.07) is 5.21. The first-order valence-electron chi connectivity index (χ1n) is 11.4. The first-order valence-corrected chi connectivity index (χ1v) is 11.4. The zero-order chi connectivity index (χ0) is 23.3. The van der Waals surface area contributed by atoms with Crippen LogP contribution < -0.4 is 10.2 Å². The first-order chi connectivity index (χ1) is 15.2. The number of likely N-dealkylation sites (tertiary alicyclic amines) is 1. The minimum Gasteiger partial charge on any atom is -0.444 e. The molecule has 2 aliphatic heterocycles. The summed E-state index contributed by atoms with van der Waals surface area (Å²) in [6.07, 6.45) is 0.0776. The Bertz CT molecular complexity index is 825. The molecule has 1 atom stereocenters. The fourth-order valence-corrected chi connectivity index (χ4v) is 3.89. The van der Waals surface area contributed by atoms with E-state index in [4.69, 9.17) is 4.74 Å². The van der Waals surface area contributed by atoms with Gasteiger partial charge in [-0.05, 0) is 51.8 Å². The van der Waals surface area contributed by atoms with Crippen LogP contribution in [0.15, 0.2) is 23.2 Å². The van der Waals surface area contributed by atoms with Gasteiger partial charge in [0.25, 0.3) is 0 Å². The van der Waals surface area contributed by atoms with Crippen molar-refractivity contribution in [2.75, 3.05) is 50.7 Å². The van der Waals surface area contributed by atoms with Crippen LogP contribution in [0.1, 0.15) is 39.7 Å². The van der Waals surface area contributed by atoms with Crippen molar-refractivity contribution in [3.8, 4) is 0 Å². The van der Waals surface area contributed by atoms with Gasteiger partial charge in [0.2, 0.25) is 0 Å². The van der Waals surface area contributed by atoms with Crippen molar-refractivity contribution in [2.24, 2.45) is 4.99 Å². The quantitative estimate of drug-likeness (QED) is 0.326. The van der Waals surface area contributed by atoms with Gasteiger partial charge in [0.1, 0.15) is 11.4 Å². The summed E-state index contributed by atoms with van der Waals surface area (Å²) >= 11 is 0. The molecular weight excluding hydrogens is 540 g/mol. The summed E-state index contributed by atoms with van der Waals surface area (Å²) in [6.45, 7) is 12.0. The van der Waals surface area contributed by atoms with E-state index in [2.05, 4.69) is 10.3 Å². The number of carbonyl (C=O) groups excluding carboxylic acids is 1. The number of nitrogens with zero attached hydrogens (tertiary/aromatic N) is 4. The second kappa shape index (κ2) is 12.0. The summed E-state index contributed by atoms with van der Waals surface area (Å²) in [5.74, 6) is 0.455. The summed E-state index contributed by atoms with van der Waals surface area (Å²) in [7, 11) is 0. The van der Waals surface area contributed by atoms with Crippen molar-refractivity contribution in [2.45, 2.75) is 52.4 Å². The van der Waals surface area contributed by atoms with Gasteiger partial charge in [-0.15, -0.1) is 24.0 Å². The lowest BCUT2D eigenvalue weighted by atomic mass is 10.1. The average molecular weight is 577 g/mol. The Kier molecular flexibility index (Phi) is 10.0. The number of guanidine groups is 1. The number of nitrogens with one attached hydrogen (secondary N) is 1. The number of halogens is 2. The lowest BCUT2D eigenvalue weighted by Crippen LogP contribution is -2.50. The highest BCUT2D eigenvalue weighted by Gasteiger charge is 2.27. The smallest absolute Gasteiger partial charge is 0.410 e. The van der Waals surface area contributed by atoms with Crippen LogP contribution >= 0.6 is 24.0 Å². The Morgan fingerprint density at radius 1 is 1.21 bits per heavy atom. The second-order valence-electron chi connectivity index (χ2n) is 9.30. The second-order valence-corrected chi connectivity index (χ2v) is 9.30. The Hall–Kier alpha value is -1.82. The first kappa shape index (κ1) is 27.4. The average Bonchev–Trinajstić information content (AvgIpc) is 3.16. The van der Waals surface area contributed by atoms with Crippen LogP contribution in [0.25, 0.3) is 0 Å². The highest BCUT2D eigenvalue weighted by Crippen LogP contribution is 2.23. The molecule has 2 fully saturated rings. The largest absolute Gasteiger partial charge is 0.444 e. The maximum absolute atomic E-state index is 14.9. The molecule has 1 amide bonds. The molecule has 2 N–H and O–H groups in total. The minimum atomic E-state index is -0.528. The van der Waals surface area contributed by atoms with E-state index in [0.29, 0.717) is 45.0 Å². The van der Waals surface area contributed by atoms with E-state index < -0.39 is 5.60 Å². The van der Waals surface area contributed by atoms with Crippen LogP contribution in [0.3, 0.4) is 0 Å². The standard InChI is InChI=1S/C23H36FN5O3.HI/c1-5-25-21(29-9-8-18(30)16-29)26-15-17-6-7-20(19(24)14-17)27-10-12-28(13-11-27)22(31)32-23(2,3)4;/h6-7,14,18,30H,5,8-13,15-16H2,1-4H3,(H,25,26);1H/t18-;/m1./s1. The predicted molar refractivity (Wildman–Crippen MR) is 139 cm³/mol. The lowest BCUT2D eigenvalue weighted by molar-refractivity contribution is 0.0240. The van der Waals surface area contributed by atoms with Crippen molar-refractivity contribution in [3.63, 3.8) is 0 Å². The van der Waals surface area contributed by atoms with E-state index in [1.807, 2.05) is 43.6 Å². The van der Waals surface area contributed by atoms with Gasteiger partial charge >= 0.3 is 6.09 Å². The van der Waals surface area contributed by atoms with E-state index in [1.165, 1.54) is 6.07 Å². The van der Waals surface area contributed by atoms with Crippen LogP contribution in [0.2, 0.25) is 0 Å². The molecule has 0 spiro atoms. The van der Waals surface area contributed by atoms with Crippen LogP contribution in [0.4, 0.5) is 14.9 Å². The van der Waals surface area contributed by atoms with Crippen LogP contribution in [0, 0.1) is 5.82 Å². The van der Waals surface area contributed by atoms with Crippen LogP contribution in [-0.2, 0) is 11.3 Å². The molecule has 186 valence electrons. The van der Waals surface area contributed by atoms with E-state index in [-0.39, 0.29) is 42.0 Å². The molecule has 33 heavy (non-hydrogen) atoms. The molecule has 8 nitrogen and oxygen atoms in total. The molecule has 0 radical (unpaired) electrons. The van der Waals surface area contributed by atoms with Crippen molar-refractivity contribution >= 4 is 41.7 Å². The Balaban J connectivity index is 0.00000385. The topological polar surface area (TPSA) is 80.6 Å². The molecule has 2 heterocycles. The molecule has 0 aliphatic carbocycles. The van der Waals surface area contributed by atoms with Crippen molar-refractivity contribution in [1.29, 1.82) is 0 Å². The molecule has 3 rings (SSSR count). The van der Waals surface area contributed by atoms with Crippen molar-refractivity contribution < 1.29 is 19.0 Å². The van der Waals surface area contributed by atoms with Gasteiger partial charge in [-0.25, -0.2) is 14.2 Å². The summed E-state index contributed by atoms with van der Waals surface area (Å²) in [5.41, 5.74) is 0.796. The Labute approximate surface area is 213 Å². The number of amides is 1. The van der Waals surface area contributed by atoms with Gasteiger partial charge in [-0.1, -0.05) is 6.07 Å². The van der Waals surface area contributed by atoms with Gasteiger partial charge < -0.3 is 29.9 Å². The number of β-amino-alcohol motifs (C(OH)–C–C–N with tert-alkyl or cyclic N) is 1. The van der Waals surface area contributed by atoms with Gasteiger partial charge in [0, 0.05) is 45.8 Å². The molecule has 0 bridgehead atoms. The van der Waals surface area contributed by atoms with Crippen molar-refractivity contribution in [3.05, 3.63) is 29.6 Å². The molecule has 1 aromatic rings. The van der Waals surface area contributed by atoms with Gasteiger partial charge in [0.05, 0.1) is 18.3 Å². The van der Waals surface area contributed by atoms with Gasteiger partial charge in [-0.2, -0.15) is 0 Å². The van der Waals surface area contributed by atoms with E-state index in [0.717, 1.165) is 31.0 Å². The third-order valence-electron chi connectivity index (χ3n) is 5.49. The summed E-state index contributed by atoms with van der Waals surface area (Å²) in [4.78, 5) is 22.5. The number of aliphatic imine (C=N–C) groups is 1. The number of anilines is 1. The number of aliphatic hydroxyl groups excluding tert-OH is 1. The number of aliphatic hydroxyl groups is 1. The summed E-state index contributed by atoms with van der Waals surface area (Å²) in [5, 5.41) is 13.0. The molecular formula is C23H37FIN5O3. The lowest BCUT2D eigenvalue weighted by Gasteiger charge is -2.36. The number of ether oxygens (including phenoxy) is 1.